The number of hydrogen-bond acceptors (Lipinski definition) is 4. The van der Waals surface area contributed by atoms with E-state index >= 15 is 0 Å². The van der Waals surface area contributed by atoms with Gasteiger partial charge in [0.25, 0.3) is 5.56 Å². The molecule has 6 heteroatoms. The van der Waals surface area contributed by atoms with Gasteiger partial charge < -0.3 is 5.11 Å². The SMILES string of the molecule is Cc1ccc(O)c(N=Nc2c(C)[nH]n(-c3ccccc3)c2=O)c1. The van der Waals surface area contributed by atoms with Gasteiger partial charge in [-0.05, 0) is 43.7 Å². The fourth-order valence-electron chi connectivity index (χ4n) is 2.23. The van der Waals surface area contributed by atoms with Crippen molar-refractivity contribution >= 4 is 11.4 Å². The number of azo groups is 1. The van der Waals surface area contributed by atoms with Gasteiger partial charge in [0.1, 0.15) is 11.4 Å². The molecule has 0 unspecified atom stereocenters. The average molecular weight is 308 g/mol. The number of nitrogens with one attached hydrogen (secondary N) is 1. The van der Waals surface area contributed by atoms with Crippen molar-refractivity contribution in [2.75, 3.05) is 0 Å². The summed E-state index contributed by atoms with van der Waals surface area (Å²) < 4.78 is 1.42. The Morgan fingerprint density at radius 1 is 1.04 bits per heavy atom. The fraction of sp³-hybridized carbons (Fsp3) is 0.118. The van der Waals surface area contributed by atoms with E-state index in [1.54, 1.807) is 25.1 Å². The van der Waals surface area contributed by atoms with Crippen LogP contribution in [0.25, 0.3) is 5.69 Å². The van der Waals surface area contributed by atoms with Crippen LogP contribution in [-0.4, -0.2) is 14.9 Å². The number of benzene rings is 2. The maximum absolute atomic E-state index is 12.5. The fourth-order valence-corrected chi connectivity index (χ4v) is 2.23. The summed E-state index contributed by atoms with van der Waals surface area (Å²) in [6, 6.07) is 14.3. The second-order valence-corrected chi connectivity index (χ2v) is 5.25. The molecule has 2 N–H and O–H groups in total. The Bertz CT molecular complexity index is 924. The van der Waals surface area contributed by atoms with Gasteiger partial charge >= 0.3 is 0 Å². The quantitative estimate of drug-likeness (QED) is 0.719. The van der Waals surface area contributed by atoms with Crippen LogP contribution in [0, 0.1) is 13.8 Å². The molecule has 1 aromatic heterocycles. The smallest absolute Gasteiger partial charge is 0.299 e. The summed E-state index contributed by atoms with van der Waals surface area (Å²) in [6.07, 6.45) is 0. The Hall–Kier alpha value is -3.15. The summed E-state index contributed by atoms with van der Waals surface area (Å²) >= 11 is 0. The molecule has 0 aliphatic rings. The van der Waals surface area contributed by atoms with Gasteiger partial charge in [0, 0.05) is 0 Å². The predicted octanol–water partition coefficient (Wildman–Crippen LogP) is 3.90. The van der Waals surface area contributed by atoms with E-state index < -0.39 is 0 Å². The monoisotopic (exact) mass is 308 g/mol. The van der Waals surface area contributed by atoms with Crippen LogP contribution in [-0.2, 0) is 0 Å². The molecule has 0 saturated carbocycles. The van der Waals surface area contributed by atoms with Crippen LogP contribution in [0.1, 0.15) is 11.3 Å². The van der Waals surface area contributed by atoms with Crippen LogP contribution in [0.15, 0.2) is 63.6 Å². The van der Waals surface area contributed by atoms with Crippen molar-refractivity contribution in [2.45, 2.75) is 13.8 Å². The first-order valence-corrected chi connectivity index (χ1v) is 7.14. The van der Waals surface area contributed by atoms with Gasteiger partial charge in [0.2, 0.25) is 0 Å². The molecule has 0 aliphatic carbocycles. The maximum Gasteiger partial charge on any atom is 0.299 e. The van der Waals surface area contributed by atoms with Gasteiger partial charge in [-0.1, -0.05) is 24.3 Å². The van der Waals surface area contributed by atoms with Gasteiger partial charge in [-0.25, -0.2) is 4.68 Å². The van der Waals surface area contributed by atoms with Crippen molar-refractivity contribution in [3.63, 3.8) is 0 Å². The number of aromatic hydroxyl groups is 1. The molecule has 0 atom stereocenters. The Morgan fingerprint density at radius 3 is 2.52 bits per heavy atom. The minimum absolute atomic E-state index is 0.0240. The van der Waals surface area contributed by atoms with Crippen LogP contribution in [0.5, 0.6) is 5.75 Å². The summed E-state index contributed by atoms with van der Waals surface area (Å²) in [5.41, 5.74) is 2.54. The third-order valence-electron chi connectivity index (χ3n) is 3.44. The minimum Gasteiger partial charge on any atom is -0.506 e. The number of hydrogen-bond donors (Lipinski definition) is 2. The molecule has 3 aromatic rings. The molecule has 23 heavy (non-hydrogen) atoms. The Morgan fingerprint density at radius 2 is 1.78 bits per heavy atom. The number of para-hydroxylation sites is 1. The summed E-state index contributed by atoms with van der Waals surface area (Å²) in [7, 11) is 0. The van der Waals surface area contributed by atoms with Crippen LogP contribution in [0.3, 0.4) is 0 Å². The second kappa shape index (κ2) is 5.92. The van der Waals surface area contributed by atoms with E-state index in [1.165, 1.54) is 4.68 Å². The zero-order valence-electron chi connectivity index (χ0n) is 12.8. The number of H-pyrrole nitrogens is 1. The molecule has 0 spiro atoms. The molecule has 3 rings (SSSR count). The lowest BCUT2D eigenvalue weighted by atomic mass is 10.2. The molecule has 116 valence electrons. The Kier molecular flexibility index (Phi) is 3.80. The molecular weight excluding hydrogens is 292 g/mol. The van der Waals surface area contributed by atoms with E-state index in [2.05, 4.69) is 15.3 Å². The molecule has 0 amide bonds. The van der Waals surface area contributed by atoms with E-state index in [0.717, 1.165) is 11.3 Å². The molecule has 0 bridgehead atoms. The van der Waals surface area contributed by atoms with Gasteiger partial charge in [-0.2, -0.15) is 0 Å². The van der Waals surface area contributed by atoms with Gasteiger partial charge in [0.05, 0.1) is 11.4 Å². The van der Waals surface area contributed by atoms with Crippen molar-refractivity contribution in [1.82, 2.24) is 9.78 Å². The lowest BCUT2D eigenvalue weighted by Gasteiger charge is -1.99. The second-order valence-electron chi connectivity index (χ2n) is 5.25. The van der Waals surface area contributed by atoms with Crippen LogP contribution in [0.4, 0.5) is 11.4 Å². The third-order valence-corrected chi connectivity index (χ3v) is 3.44. The summed E-state index contributed by atoms with van der Waals surface area (Å²) in [5.74, 6) is 0.0240. The third kappa shape index (κ3) is 2.91. The van der Waals surface area contributed by atoms with Crippen molar-refractivity contribution in [2.24, 2.45) is 10.2 Å². The Balaban J connectivity index is 2.02. The first-order chi connectivity index (χ1) is 11.1. The van der Waals surface area contributed by atoms with Crippen molar-refractivity contribution in [3.8, 4) is 11.4 Å². The highest BCUT2D eigenvalue weighted by Crippen LogP contribution is 2.28. The number of rotatable bonds is 3. The minimum atomic E-state index is -0.287. The summed E-state index contributed by atoms with van der Waals surface area (Å²) in [4.78, 5) is 12.5. The van der Waals surface area contributed by atoms with Gasteiger partial charge in [-0.15, -0.1) is 10.2 Å². The summed E-state index contributed by atoms with van der Waals surface area (Å²) in [6.45, 7) is 3.65. The van der Waals surface area contributed by atoms with E-state index in [4.69, 9.17) is 0 Å². The van der Waals surface area contributed by atoms with Gasteiger partial charge in [-0.3, -0.25) is 9.89 Å². The van der Waals surface area contributed by atoms with E-state index in [9.17, 15) is 9.90 Å². The summed E-state index contributed by atoms with van der Waals surface area (Å²) in [5, 5.41) is 20.8. The zero-order valence-corrected chi connectivity index (χ0v) is 12.8. The highest BCUT2D eigenvalue weighted by Gasteiger charge is 2.12. The largest absolute Gasteiger partial charge is 0.506 e. The first kappa shape index (κ1) is 14.8. The number of phenols is 1. The lowest BCUT2D eigenvalue weighted by Crippen LogP contribution is -2.13. The molecular formula is C17H16N4O2. The topological polar surface area (TPSA) is 82.7 Å². The van der Waals surface area contributed by atoms with Crippen molar-refractivity contribution in [3.05, 3.63) is 70.1 Å². The highest BCUT2D eigenvalue weighted by atomic mass is 16.3. The predicted molar refractivity (Wildman–Crippen MR) is 88.1 cm³/mol. The van der Waals surface area contributed by atoms with Crippen LogP contribution in [0.2, 0.25) is 0 Å². The standard InChI is InChI=1S/C17H16N4O2/c1-11-8-9-15(22)14(10-11)18-19-16-12(2)20-21(17(16)23)13-6-4-3-5-7-13/h3-10,20,22H,1-2H3. The number of aryl methyl sites for hydroxylation is 2. The number of aromatic amines is 1. The van der Waals surface area contributed by atoms with Gasteiger partial charge in [0.15, 0.2) is 5.69 Å². The molecule has 1 heterocycles. The average Bonchev–Trinajstić information content (AvgIpc) is 2.84. The lowest BCUT2D eigenvalue weighted by molar-refractivity contribution is 0.476. The molecule has 2 aromatic carbocycles. The highest BCUT2D eigenvalue weighted by molar-refractivity contribution is 5.53. The van der Waals surface area contributed by atoms with E-state index in [-0.39, 0.29) is 17.0 Å². The Labute approximate surface area is 132 Å². The molecule has 0 radical (unpaired) electrons. The van der Waals surface area contributed by atoms with Crippen molar-refractivity contribution in [1.29, 1.82) is 0 Å². The maximum atomic E-state index is 12.5. The first-order valence-electron chi connectivity index (χ1n) is 7.14. The van der Waals surface area contributed by atoms with E-state index in [0.29, 0.717) is 11.4 Å². The molecule has 0 aliphatic heterocycles. The molecule has 0 fully saturated rings. The van der Waals surface area contributed by atoms with E-state index in [1.807, 2.05) is 37.3 Å². The molecule has 6 nitrogen and oxygen atoms in total. The van der Waals surface area contributed by atoms with Crippen molar-refractivity contribution < 1.29 is 5.11 Å². The van der Waals surface area contributed by atoms with Crippen LogP contribution >= 0.6 is 0 Å². The number of aromatic nitrogens is 2. The number of nitrogens with zero attached hydrogens (tertiary/aromatic N) is 3. The number of phenolic OH excluding ortho intramolecular Hbond substituents is 1. The normalized spacial score (nSPS) is 11.2. The zero-order chi connectivity index (χ0) is 16.4. The molecule has 0 saturated heterocycles. The van der Waals surface area contributed by atoms with Crippen LogP contribution < -0.4 is 5.56 Å².